The first-order valence-electron chi connectivity index (χ1n) is 37.4. The molecule has 0 amide bonds. The zero-order chi connectivity index (χ0) is 71.8. The van der Waals surface area contributed by atoms with Crippen LogP contribution in [0.25, 0.3) is 0 Å². The van der Waals surface area contributed by atoms with Gasteiger partial charge in [-0.1, -0.05) is 277 Å². The summed E-state index contributed by atoms with van der Waals surface area (Å²) in [5.41, 5.74) is 0. The largest absolute Gasteiger partial charge is 0.472 e. The van der Waals surface area contributed by atoms with E-state index in [1.807, 2.05) is 24.3 Å². The van der Waals surface area contributed by atoms with Crippen LogP contribution in [0.15, 0.2) is 134 Å². The van der Waals surface area contributed by atoms with Crippen molar-refractivity contribution in [3.8, 4) is 0 Å². The summed E-state index contributed by atoms with van der Waals surface area (Å²) in [5.74, 6) is -2.40. The number of allylic oxidation sites excluding steroid dienone is 21. The van der Waals surface area contributed by atoms with Gasteiger partial charge in [0.15, 0.2) is 12.2 Å². The smallest absolute Gasteiger partial charge is 0.462 e. The highest BCUT2D eigenvalue weighted by Crippen LogP contribution is 2.45. The maximum absolute atomic E-state index is 13.0. The minimum Gasteiger partial charge on any atom is -0.462 e. The van der Waals surface area contributed by atoms with Crippen LogP contribution in [-0.2, 0) is 65.4 Å². The molecule has 0 bridgehead atoms. The zero-order valence-electron chi connectivity index (χ0n) is 60.9. The lowest BCUT2D eigenvalue weighted by Gasteiger charge is -2.21. The topological polar surface area (TPSA) is 237 Å². The summed E-state index contributed by atoms with van der Waals surface area (Å²) < 4.78 is 68.2. The molecule has 0 aliphatic rings. The number of phosphoric ester groups is 2. The summed E-state index contributed by atoms with van der Waals surface area (Å²) in [5, 5.41) is 10.6. The van der Waals surface area contributed by atoms with E-state index in [0.717, 1.165) is 122 Å². The summed E-state index contributed by atoms with van der Waals surface area (Å²) in [6.45, 7) is 4.43. The monoisotopic (exact) mass is 1410 g/mol. The van der Waals surface area contributed by atoms with E-state index >= 15 is 0 Å². The average Bonchev–Trinajstić information content (AvgIpc) is 0.986. The summed E-state index contributed by atoms with van der Waals surface area (Å²) in [6, 6.07) is 0. The van der Waals surface area contributed by atoms with Gasteiger partial charge >= 0.3 is 39.5 Å². The zero-order valence-corrected chi connectivity index (χ0v) is 62.7. The minimum atomic E-state index is -5.01. The third-order valence-corrected chi connectivity index (χ3v) is 17.0. The molecule has 0 aromatic carbocycles. The quantitative estimate of drug-likeness (QED) is 0.0169. The first kappa shape index (κ1) is 93.2. The number of carbonyl (C=O) groups excluding carboxylic acids is 4. The molecule has 5 atom stereocenters. The SMILES string of the molecule is CC/C=C\C/C=C\C/C=C\C/C=C\C/C=C\CCCC(=O)OCC(COP(=O)(O)OCC(O)COP(=O)(O)OCC(COC(=O)CCCCCCC/C=C\CCCCCCCC)OC(=O)CCCCCCCCCCCCC)OC(=O)C/C=C\C/C=C\C/C=C\C/C=C\C/C=C\CC. The molecule has 0 aromatic heterocycles. The molecule has 0 fully saturated rings. The van der Waals surface area contributed by atoms with Crippen LogP contribution in [0, 0.1) is 0 Å². The molecule has 560 valence electrons. The molecule has 0 spiro atoms. The number of unbranched alkanes of at least 4 members (excludes halogenated alkanes) is 22. The predicted octanol–water partition coefficient (Wildman–Crippen LogP) is 21.3. The lowest BCUT2D eigenvalue weighted by molar-refractivity contribution is -0.161. The van der Waals surface area contributed by atoms with Crippen LogP contribution in [0.4, 0.5) is 0 Å². The molecular formula is C79H132O17P2. The number of rotatable bonds is 69. The van der Waals surface area contributed by atoms with Crippen molar-refractivity contribution in [2.24, 2.45) is 0 Å². The Bertz CT molecular complexity index is 2380. The number of aliphatic hydroxyl groups is 1. The second-order valence-corrected chi connectivity index (χ2v) is 27.4. The Balaban J connectivity index is 5.45. The van der Waals surface area contributed by atoms with Crippen LogP contribution in [0.3, 0.4) is 0 Å². The highest BCUT2D eigenvalue weighted by molar-refractivity contribution is 7.47. The van der Waals surface area contributed by atoms with E-state index in [4.69, 9.17) is 37.0 Å². The first-order valence-corrected chi connectivity index (χ1v) is 40.4. The van der Waals surface area contributed by atoms with Gasteiger partial charge in [0.1, 0.15) is 19.3 Å². The number of hydrogen-bond acceptors (Lipinski definition) is 15. The molecular weight excluding hydrogens is 1280 g/mol. The highest BCUT2D eigenvalue weighted by atomic mass is 31.2. The minimum absolute atomic E-state index is 0.0601. The van der Waals surface area contributed by atoms with Crippen LogP contribution in [-0.4, -0.2) is 96.7 Å². The highest BCUT2D eigenvalue weighted by Gasteiger charge is 2.30. The van der Waals surface area contributed by atoms with Crippen LogP contribution in [0.2, 0.25) is 0 Å². The van der Waals surface area contributed by atoms with Gasteiger partial charge in [-0.3, -0.25) is 37.3 Å². The van der Waals surface area contributed by atoms with Gasteiger partial charge in [-0.25, -0.2) is 9.13 Å². The van der Waals surface area contributed by atoms with E-state index < -0.39 is 97.5 Å². The molecule has 0 saturated heterocycles. The number of carbonyl (C=O) groups is 4. The summed E-state index contributed by atoms with van der Waals surface area (Å²) in [7, 11) is -10.00. The van der Waals surface area contributed by atoms with Crippen LogP contribution >= 0.6 is 15.6 Å². The Morgan fingerprint density at radius 1 is 0.306 bits per heavy atom. The van der Waals surface area contributed by atoms with Crippen molar-refractivity contribution >= 4 is 39.5 Å². The molecule has 0 aliphatic heterocycles. The van der Waals surface area contributed by atoms with Gasteiger partial charge in [-0.05, 0) is 116 Å². The Morgan fingerprint density at radius 2 is 0.582 bits per heavy atom. The van der Waals surface area contributed by atoms with E-state index in [9.17, 15) is 43.2 Å². The second-order valence-electron chi connectivity index (χ2n) is 24.5. The molecule has 0 saturated carbocycles. The Labute approximate surface area is 593 Å². The number of esters is 4. The number of aliphatic hydroxyl groups excluding tert-OH is 1. The van der Waals surface area contributed by atoms with Gasteiger partial charge in [0, 0.05) is 19.3 Å². The predicted molar refractivity (Wildman–Crippen MR) is 399 cm³/mol. The molecule has 0 aromatic rings. The molecule has 0 rings (SSSR count). The van der Waals surface area contributed by atoms with Crippen molar-refractivity contribution in [2.75, 3.05) is 39.6 Å². The van der Waals surface area contributed by atoms with Crippen molar-refractivity contribution in [1.82, 2.24) is 0 Å². The fourth-order valence-corrected chi connectivity index (χ4v) is 11.1. The van der Waals surface area contributed by atoms with E-state index in [2.05, 4.69) is 125 Å². The summed E-state index contributed by atoms with van der Waals surface area (Å²) in [6.07, 6.45) is 77.8. The molecule has 5 unspecified atom stereocenters. The van der Waals surface area contributed by atoms with Crippen molar-refractivity contribution in [3.63, 3.8) is 0 Å². The molecule has 19 heteroatoms. The summed E-state index contributed by atoms with van der Waals surface area (Å²) >= 11 is 0. The van der Waals surface area contributed by atoms with E-state index in [-0.39, 0.29) is 25.7 Å². The fraction of sp³-hybridized carbons (Fsp3) is 0.671. The van der Waals surface area contributed by atoms with Gasteiger partial charge in [-0.15, -0.1) is 0 Å². The molecule has 3 N–H and O–H groups in total. The van der Waals surface area contributed by atoms with Gasteiger partial charge in [0.2, 0.25) is 0 Å². The van der Waals surface area contributed by atoms with Gasteiger partial charge in [0.25, 0.3) is 0 Å². The lowest BCUT2D eigenvalue weighted by atomic mass is 10.1. The second kappa shape index (κ2) is 70.6. The van der Waals surface area contributed by atoms with Crippen molar-refractivity contribution in [3.05, 3.63) is 134 Å². The third kappa shape index (κ3) is 69.7. The van der Waals surface area contributed by atoms with Crippen molar-refractivity contribution < 1.29 is 80.2 Å². The van der Waals surface area contributed by atoms with E-state index in [1.54, 1.807) is 12.2 Å². The van der Waals surface area contributed by atoms with Crippen LogP contribution in [0.5, 0.6) is 0 Å². The maximum atomic E-state index is 13.0. The standard InChI is InChI=1S/C79H132O17P2/c1-5-9-13-17-21-25-29-32-35-36-39-41-45-48-52-56-60-64-77(82)90-70-75(96-79(84)66-62-58-54-50-46-42-38-34-31-27-23-19-15-11-7-3)72-94-98(87,88)92-68-73(80)67-91-97(85,86)93-71-74(95-78(83)65-61-57-53-49-43-28-24-20-16-12-8-4)69-89-76(81)63-59-55-51-47-44-40-37-33-30-26-22-18-14-10-6-2/h9,11,13,15,21,23,25,27,32-35,37-39,41,46,48,50,52,58,62,73-75,80H,5-8,10,12,14,16-20,22,24,26,28-31,36,40,42-45,47,49,51,53-57,59-61,63-72H2,1-4H3,(H,85,86)(H,87,88)/b13-9-,15-11-,25-21-,27-23-,35-32-,37-33-,38-34-,41-39-,50-46-,52-48-,62-58-. The lowest BCUT2D eigenvalue weighted by Crippen LogP contribution is -2.30. The van der Waals surface area contributed by atoms with Crippen LogP contribution in [0.1, 0.15) is 285 Å². The average molecular weight is 1420 g/mol. The Morgan fingerprint density at radius 3 is 0.959 bits per heavy atom. The molecule has 0 radical (unpaired) electrons. The van der Waals surface area contributed by atoms with E-state index in [0.29, 0.717) is 32.1 Å². The van der Waals surface area contributed by atoms with Gasteiger partial charge < -0.3 is 33.8 Å². The molecule has 17 nitrogen and oxygen atoms in total. The summed E-state index contributed by atoms with van der Waals surface area (Å²) in [4.78, 5) is 72.7. The van der Waals surface area contributed by atoms with Crippen molar-refractivity contribution in [1.29, 1.82) is 0 Å². The third-order valence-electron chi connectivity index (χ3n) is 15.1. The number of ether oxygens (including phenoxy) is 4. The van der Waals surface area contributed by atoms with Crippen LogP contribution < -0.4 is 0 Å². The Kier molecular flexibility index (Phi) is 67.2. The maximum Gasteiger partial charge on any atom is 0.472 e. The number of hydrogen-bond donors (Lipinski definition) is 3. The first-order chi connectivity index (χ1) is 47.7. The van der Waals surface area contributed by atoms with Gasteiger partial charge in [0.05, 0.1) is 32.8 Å². The molecule has 98 heavy (non-hydrogen) atoms. The molecule has 0 heterocycles. The molecule has 0 aliphatic carbocycles. The number of phosphoric acid groups is 2. The van der Waals surface area contributed by atoms with Gasteiger partial charge in [-0.2, -0.15) is 0 Å². The Hall–Kier alpha value is -4.80. The van der Waals surface area contributed by atoms with E-state index in [1.165, 1.54) is 77.0 Å². The van der Waals surface area contributed by atoms with Crippen molar-refractivity contribution in [2.45, 2.75) is 303 Å². The fourth-order valence-electron chi connectivity index (χ4n) is 9.50. The normalized spacial score (nSPS) is 14.7.